The summed E-state index contributed by atoms with van der Waals surface area (Å²) in [7, 11) is 0. The number of carbonyl (C=O) groups is 1. The first-order valence-corrected chi connectivity index (χ1v) is 12.9. The van der Waals surface area contributed by atoms with Crippen LogP contribution >= 0.6 is 23.4 Å². The quantitative estimate of drug-likeness (QED) is 0.233. The van der Waals surface area contributed by atoms with E-state index < -0.39 is 22.9 Å². The summed E-state index contributed by atoms with van der Waals surface area (Å²) in [5, 5.41) is 21.8. The first kappa shape index (κ1) is 25.8. The first-order chi connectivity index (χ1) is 18.2. The van der Waals surface area contributed by atoms with Crippen LogP contribution in [-0.4, -0.2) is 60.2 Å². The molecular weight excluding hydrogens is 532 g/mol. The molecule has 3 aromatic heterocycles. The van der Waals surface area contributed by atoms with Crippen LogP contribution in [0.5, 0.6) is 5.88 Å². The fourth-order valence-corrected chi connectivity index (χ4v) is 5.17. The van der Waals surface area contributed by atoms with E-state index in [0.717, 1.165) is 42.1 Å². The molecule has 0 saturated carbocycles. The third-order valence-corrected chi connectivity index (χ3v) is 8.16. The van der Waals surface area contributed by atoms with Gasteiger partial charge in [-0.25, -0.2) is 0 Å². The Hall–Kier alpha value is -3.88. The molecule has 0 aliphatic carbocycles. The van der Waals surface area contributed by atoms with Gasteiger partial charge in [-0.2, -0.15) is 9.97 Å². The molecule has 0 spiro atoms. The number of aromatic nitrogens is 6. The van der Waals surface area contributed by atoms with Crippen LogP contribution in [0, 0.1) is 5.41 Å². The standard InChI is InChI=1S/C23H25ClN10O3S/c1-23(11-25)5-8-33(9-6-23)22-29-16(26)19(31-32-22)38-13-4-2-3-12(15(13)24)28-17(35)14-18(36)30-21-27-7-10-34(21)20(14)37/h2-4,7,10,36H,5-6,8-9,11,25H2,1H3,(H,27,30)(H,28,35)(H2,26,29,32). The lowest BCUT2D eigenvalue weighted by molar-refractivity contribution is 0.102. The molecule has 0 radical (unpaired) electrons. The molecule has 0 unspecified atom stereocenters. The Balaban J connectivity index is 1.33. The van der Waals surface area contributed by atoms with E-state index in [1.165, 1.54) is 12.4 Å². The molecule has 38 heavy (non-hydrogen) atoms. The Morgan fingerprint density at radius 1 is 1.29 bits per heavy atom. The number of rotatable bonds is 6. The van der Waals surface area contributed by atoms with Crippen molar-refractivity contribution in [1.82, 2.24) is 29.5 Å². The number of hydrogen-bond acceptors (Lipinski definition) is 11. The van der Waals surface area contributed by atoms with Crippen molar-refractivity contribution < 1.29 is 9.90 Å². The zero-order valence-corrected chi connectivity index (χ0v) is 21.9. The van der Waals surface area contributed by atoms with Crippen molar-refractivity contribution in [2.24, 2.45) is 11.1 Å². The van der Waals surface area contributed by atoms with Gasteiger partial charge in [-0.05, 0) is 36.9 Å². The number of nitrogen functional groups attached to an aromatic ring is 1. The number of piperidine rings is 1. The number of carbonyl (C=O) groups excluding carboxylic acids is 1. The van der Waals surface area contributed by atoms with Gasteiger partial charge in [0.25, 0.3) is 11.5 Å². The molecule has 1 saturated heterocycles. The van der Waals surface area contributed by atoms with Gasteiger partial charge in [-0.3, -0.25) is 14.0 Å². The van der Waals surface area contributed by atoms with Crippen molar-refractivity contribution in [2.45, 2.75) is 29.7 Å². The molecular formula is C23H25ClN10O3S. The van der Waals surface area contributed by atoms with E-state index in [9.17, 15) is 14.7 Å². The monoisotopic (exact) mass is 556 g/mol. The number of nitrogens with two attached hydrogens (primary N) is 2. The number of nitrogens with one attached hydrogen (secondary N) is 2. The van der Waals surface area contributed by atoms with Crippen LogP contribution in [0.15, 0.2) is 45.3 Å². The van der Waals surface area contributed by atoms with Crippen molar-refractivity contribution in [2.75, 3.05) is 35.6 Å². The molecule has 198 valence electrons. The second kappa shape index (κ2) is 10.1. The van der Waals surface area contributed by atoms with E-state index >= 15 is 0 Å². The second-order valence-corrected chi connectivity index (χ2v) is 10.7. The Bertz CT molecular complexity index is 1580. The Morgan fingerprint density at radius 3 is 2.76 bits per heavy atom. The van der Waals surface area contributed by atoms with E-state index in [-0.39, 0.29) is 27.7 Å². The van der Waals surface area contributed by atoms with Gasteiger partial charge in [0.15, 0.2) is 16.4 Å². The summed E-state index contributed by atoms with van der Waals surface area (Å²) in [6, 6.07) is 4.94. The highest BCUT2D eigenvalue weighted by atomic mass is 35.5. The fourth-order valence-electron chi connectivity index (χ4n) is 4.10. The van der Waals surface area contributed by atoms with Gasteiger partial charge < -0.3 is 31.8 Å². The van der Waals surface area contributed by atoms with Crippen LogP contribution in [0.25, 0.3) is 5.78 Å². The fraction of sp³-hybridized carbons (Fsp3) is 0.304. The summed E-state index contributed by atoms with van der Waals surface area (Å²) >= 11 is 7.70. The van der Waals surface area contributed by atoms with Crippen molar-refractivity contribution in [3.8, 4) is 5.88 Å². The molecule has 13 nitrogen and oxygen atoms in total. The smallest absolute Gasteiger partial charge is 0.275 e. The van der Waals surface area contributed by atoms with Crippen LogP contribution in [-0.2, 0) is 0 Å². The first-order valence-electron chi connectivity index (χ1n) is 11.7. The number of benzene rings is 1. The number of nitrogens with zero attached hydrogens (tertiary/aromatic N) is 6. The minimum absolute atomic E-state index is 0.105. The maximum Gasteiger partial charge on any atom is 0.275 e. The molecule has 5 rings (SSSR count). The summed E-state index contributed by atoms with van der Waals surface area (Å²) in [5.41, 5.74) is 11.2. The lowest BCUT2D eigenvalue weighted by Crippen LogP contribution is -2.43. The highest BCUT2D eigenvalue weighted by Crippen LogP contribution is 2.39. The van der Waals surface area contributed by atoms with E-state index in [1.807, 2.05) is 4.90 Å². The lowest BCUT2D eigenvalue weighted by Gasteiger charge is -2.38. The molecule has 4 heterocycles. The maximum absolute atomic E-state index is 12.9. The number of imidazole rings is 1. The number of fused-ring (bicyclic) bond motifs is 1. The number of H-pyrrole nitrogens is 1. The molecule has 1 aliphatic rings. The Kier molecular flexibility index (Phi) is 6.86. The highest BCUT2D eigenvalue weighted by Gasteiger charge is 2.30. The Labute approximate surface area is 225 Å². The van der Waals surface area contributed by atoms with Crippen LogP contribution in [0.2, 0.25) is 5.02 Å². The van der Waals surface area contributed by atoms with Gasteiger partial charge in [0.2, 0.25) is 17.6 Å². The summed E-state index contributed by atoms with van der Waals surface area (Å²) in [6.07, 6.45) is 4.72. The molecule has 4 aromatic rings. The molecule has 1 fully saturated rings. The number of hydrogen-bond donors (Lipinski definition) is 5. The molecule has 1 aliphatic heterocycles. The molecule has 1 amide bonds. The van der Waals surface area contributed by atoms with Crippen LogP contribution in [0.1, 0.15) is 30.1 Å². The van der Waals surface area contributed by atoms with Crippen molar-refractivity contribution in [3.63, 3.8) is 0 Å². The number of halogens is 1. The number of amides is 1. The van der Waals surface area contributed by atoms with Gasteiger partial charge in [0.05, 0.1) is 10.7 Å². The number of aromatic amines is 1. The van der Waals surface area contributed by atoms with E-state index in [4.69, 9.17) is 23.1 Å². The normalized spacial score (nSPS) is 15.1. The van der Waals surface area contributed by atoms with E-state index in [1.54, 1.807) is 18.2 Å². The van der Waals surface area contributed by atoms with Gasteiger partial charge in [-0.1, -0.05) is 36.4 Å². The van der Waals surface area contributed by atoms with Gasteiger partial charge in [0.1, 0.15) is 0 Å². The summed E-state index contributed by atoms with van der Waals surface area (Å²) in [4.78, 5) is 39.1. The predicted octanol–water partition coefficient (Wildman–Crippen LogP) is 2.12. The average Bonchev–Trinajstić information content (AvgIpc) is 3.37. The van der Waals surface area contributed by atoms with Gasteiger partial charge >= 0.3 is 0 Å². The topological polar surface area (TPSA) is 193 Å². The van der Waals surface area contributed by atoms with Crippen molar-refractivity contribution in [1.29, 1.82) is 0 Å². The summed E-state index contributed by atoms with van der Waals surface area (Å²) in [6.45, 7) is 4.34. The Morgan fingerprint density at radius 2 is 2.05 bits per heavy atom. The number of aromatic hydroxyl groups is 1. The zero-order chi connectivity index (χ0) is 27.0. The zero-order valence-electron chi connectivity index (χ0n) is 20.3. The SMILES string of the molecule is CC1(CN)CCN(c2nnc(Sc3cccc(NC(=O)c4c(O)nc5[nH]ccn5c4=O)c3Cl)c(N)n2)CC1. The third-order valence-electron chi connectivity index (χ3n) is 6.59. The second-order valence-electron chi connectivity index (χ2n) is 9.25. The van der Waals surface area contributed by atoms with Crippen LogP contribution < -0.4 is 27.2 Å². The minimum atomic E-state index is -0.864. The predicted molar refractivity (Wildman–Crippen MR) is 144 cm³/mol. The number of anilines is 3. The summed E-state index contributed by atoms with van der Waals surface area (Å²) < 4.78 is 1.11. The van der Waals surface area contributed by atoms with Gasteiger partial charge in [0, 0.05) is 30.4 Å². The van der Waals surface area contributed by atoms with Crippen LogP contribution in [0.3, 0.4) is 0 Å². The van der Waals surface area contributed by atoms with Crippen LogP contribution in [0.4, 0.5) is 17.5 Å². The molecule has 15 heteroatoms. The maximum atomic E-state index is 12.9. The molecule has 0 atom stereocenters. The lowest BCUT2D eigenvalue weighted by atomic mass is 9.81. The van der Waals surface area contributed by atoms with Crippen molar-refractivity contribution in [3.05, 3.63) is 51.5 Å². The molecule has 1 aromatic carbocycles. The largest absolute Gasteiger partial charge is 0.492 e. The molecule has 0 bridgehead atoms. The summed E-state index contributed by atoms with van der Waals surface area (Å²) in [5.74, 6) is -0.809. The molecule has 7 N–H and O–H groups in total. The van der Waals surface area contributed by atoms with E-state index in [0.29, 0.717) is 22.4 Å². The van der Waals surface area contributed by atoms with Crippen molar-refractivity contribution >= 4 is 52.5 Å². The van der Waals surface area contributed by atoms with E-state index in [2.05, 4.69) is 37.4 Å². The van der Waals surface area contributed by atoms with Gasteiger partial charge in [-0.15, -0.1) is 10.2 Å². The highest BCUT2D eigenvalue weighted by molar-refractivity contribution is 7.99. The minimum Gasteiger partial charge on any atom is -0.492 e. The average molecular weight is 557 g/mol. The third kappa shape index (κ3) is 4.85.